The van der Waals surface area contributed by atoms with E-state index in [1.165, 1.54) is 0 Å². The molecular weight excluding hydrogens is 216 g/mol. The van der Waals surface area contributed by atoms with Crippen molar-refractivity contribution < 1.29 is 4.79 Å². The average molecular weight is 236 g/mol. The minimum absolute atomic E-state index is 0.0716. The first-order valence-electron chi connectivity index (χ1n) is 5.99. The van der Waals surface area contributed by atoms with Crippen molar-refractivity contribution in [2.75, 3.05) is 20.1 Å². The maximum Gasteiger partial charge on any atom is 0.272 e. The van der Waals surface area contributed by atoms with Crippen LogP contribution in [0.3, 0.4) is 0 Å². The van der Waals surface area contributed by atoms with Crippen LogP contribution in [0, 0.1) is 0 Å². The van der Waals surface area contributed by atoms with Crippen LogP contribution in [-0.2, 0) is 7.05 Å². The van der Waals surface area contributed by atoms with E-state index in [0.717, 1.165) is 25.9 Å². The van der Waals surface area contributed by atoms with Gasteiger partial charge >= 0.3 is 0 Å². The van der Waals surface area contributed by atoms with E-state index >= 15 is 0 Å². The number of aromatic nitrogens is 2. The molecule has 0 aromatic carbocycles. The quantitative estimate of drug-likeness (QED) is 0.819. The minimum Gasteiger partial charge on any atom is -0.345 e. The summed E-state index contributed by atoms with van der Waals surface area (Å²) in [4.78, 5) is 14.3. The van der Waals surface area contributed by atoms with Crippen LogP contribution in [0.25, 0.3) is 0 Å². The number of amides is 1. The van der Waals surface area contributed by atoms with Gasteiger partial charge in [-0.3, -0.25) is 9.48 Å². The first-order chi connectivity index (χ1) is 7.98. The number of carbonyl (C=O) groups is 1. The Kier molecular flexibility index (Phi) is 3.19. The predicted octanol–water partition coefficient (Wildman–Crippen LogP) is 0.634. The second-order valence-electron chi connectivity index (χ2n) is 5.19. The first-order valence-corrected chi connectivity index (χ1v) is 5.99. The molecule has 1 aromatic rings. The topological polar surface area (TPSA) is 50.2 Å². The van der Waals surface area contributed by atoms with Gasteiger partial charge in [0.1, 0.15) is 5.69 Å². The third-order valence-electron chi connectivity index (χ3n) is 3.45. The van der Waals surface area contributed by atoms with E-state index in [0.29, 0.717) is 5.69 Å². The van der Waals surface area contributed by atoms with E-state index in [-0.39, 0.29) is 11.4 Å². The lowest BCUT2D eigenvalue weighted by atomic mass is 9.89. The van der Waals surface area contributed by atoms with Crippen molar-refractivity contribution in [2.45, 2.75) is 25.3 Å². The van der Waals surface area contributed by atoms with Crippen LogP contribution >= 0.6 is 0 Å². The van der Waals surface area contributed by atoms with Crippen LogP contribution in [0.5, 0.6) is 0 Å². The summed E-state index contributed by atoms with van der Waals surface area (Å²) in [7, 11) is 3.92. The molecule has 1 amide bonds. The molecule has 0 bridgehead atoms. The van der Waals surface area contributed by atoms with E-state index in [4.69, 9.17) is 0 Å². The SMILES string of the molecule is CN1CCC(C)(NC(=O)c2ccn(C)n2)CC1. The summed E-state index contributed by atoms with van der Waals surface area (Å²) in [6.07, 6.45) is 3.76. The lowest BCUT2D eigenvalue weighted by Gasteiger charge is -2.38. The van der Waals surface area contributed by atoms with Crippen molar-refractivity contribution in [3.8, 4) is 0 Å². The lowest BCUT2D eigenvalue weighted by molar-refractivity contribution is 0.0846. The molecule has 5 heteroatoms. The van der Waals surface area contributed by atoms with Gasteiger partial charge in [0.15, 0.2) is 0 Å². The van der Waals surface area contributed by atoms with Gasteiger partial charge in [-0.05, 0) is 32.9 Å². The van der Waals surface area contributed by atoms with Gasteiger partial charge in [0.25, 0.3) is 5.91 Å². The normalized spacial score (nSPS) is 20.2. The van der Waals surface area contributed by atoms with Gasteiger partial charge in [-0.2, -0.15) is 5.10 Å². The summed E-state index contributed by atoms with van der Waals surface area (Å²) >= 11 is 0. The molecule has 0 radical (unpaired) electrons. The monoisotopic (exact) mass is 236 g/mol. The van der Waals surface area contributed by atoms with Gasteiger partial charge in [-0.15, -0.1) is 0 Å². The molecule has 0 spiro atoms. The molecule has 1 aliphatic rings. The number of hydrogen-bond acceptors (Lipinski definition) is 3. The second kappa shape index (κ2) is 4.49. The lowest BCUT2D eigenvalue weighted by Crippen LogP contribution is -2.52. The van der Waals surface area contributed by atoms with Crippen LogP contribution < -0.4 is 5.32 Å². The van der Waals surface area contributed by atoms with Gasteiger partial charge in [0.05, 0.1) is 0 Å². The van der Waals surface area contributed by atoms with E-state index in [9.17, 15) is 4.79 Å². The van der Waals surface area contributed by atoms with Crippen LogP contribution in [-0.4, -0.2) is 46.3 Å². The van der Waals surface area contributed by atoms with Crippen molar-refractivity contribution in [1.29, 1.82) is 0 Å². The van der Waals surface area contributed by atoms with Crippen molar-refractivity contribution in [1.82, 2.24) is 20.0 Å². The molecule has 2 rings (SSSR count). The van der Waals surface area contributed by atoms with Crippen molar-refractivity contribution in [3.63, 3.8) is 0 Å². The largest absolute Gasteiger partial charge is 0.345 e. The summed E-state index contributed by atoms with van der Waals surface area (Å²) in [5.41, 5.74) is 0.397. The zero-order chi connectivity index (χ0) is 12.5. The molecule has 5 nitrogen and oxygen atoms in total. The Hall–Kier alpha value is -1.36. The highest BCUT2D eigenvalue weighted by molar-refractivity contribution is 5.92. The summed E-state index contributed by atoms with van der Waals surface area (Å²) in [6, 6.07) is 1.74. The number of nitrogens with one attached hydrogen (secondary N) is 1. The molecule has 17 heavy (non-hydrogen) atoms. The van der Waals surface area contributed by atoms with Gasteiger partial charge in [0.2, 0.25) is 0 Å². The Balaban J connectivity index is 1.98. The molecule has 0 saturated carbocycles. The maximum absolute atomic E-state index is 12.0. The molecule has 2 heterocycles. The molecule has 1 aromatic heterocycles. The number of piperidine rings is 1. The molecule has 94 valence electrons. The highest BCUT2D eigenvalue weighted by atomic mass is 16.2. The predicted molar refractivity (Wildman–Crippen MR) is 65.8 cm³/mol. The summed E-state index contributed by atoms with van der Waals surface area (Å²) in [6.45, 7) is 4.17. The van der Waals surface area contributed by atoms with Gasteiger partial charge < -0.3 is 10.2 Å². The number of rotatable bonds is 2. The smallest absolute Gasteiger partial charge is 0.272 e. The van der Waals surface area contributed by atoms with E-state index < -0.39 is 0 Å². The van der Waals surface area contributed by atoms with Gasteiger partial charge in [0, 0.05) is 31.9 Å². The molecule has 1 aliphatic heterocycles. The number of hydrogen-bond donors (Lipinski definition) is 1. The van der Waals surface area contributed by atoms with E-state index in [1.807, 2.05) is 7.05 Å². The van der Waals surface area contributed by atoms with Crippen LogP contribution in [0.1, 0.15) is 30.3 Å². The Morgan fingerprint density at radius 2 is 2.06 bits per heavy atom. The Bertz CT molecular complexity index is 404. The number of aryl methyl sites for hydroxylation is 1. The molecule has 0 atom stereocenters. The fourth-order valence-corrected chi connectivity index (χ4v) is 2.11. The number of carbonyl (C=O) groups excluding carboxylic acids is 1. The molecule has 0 unspecified atom stereocenters. The zero-order valence-corrected chi connectivity index (χ0v) is 10.7. The fraction of sp³-hybridized carbons (Fsp3) is 0.667. The highest BCUT2D eigenvalue weighted by Gasteiger charge is 2.30. The summed E-state index contributed by atoms with van der Waals surface area (Å²) < 4.78 is 1.64. The van der Waals surface area contributed by atoms with Crippen molar-refractivity contribution >= 4 is 5.91 Å². The second-order valence-corrected chi connectivity index (χ2v) is 5.19. The summed E-state index contributed by atoms with van der Waals surface area (Å²) in [5, 5.41) is 7.22. The third-order valence-corrected chi connectivity index (χ3v) is 3.45. The van der Waals surface area contributed by atoms with Gasteiger partial charge in [-0.1, -0.05) is 0 Å². The van der Waals surface area contributed by atoms with E-state index in [1.54, 1.807) is 16.9 Å². The van der Waals surface area contributed by atoms with Crippen LogP contribution in [0.4, 0.5) is 0 Å². The van der Waals surface area contributed by atoms with Crippen LogP contribution in [0.2, 0.25) is 0 Å². The minimum atomic E-state index is -0.0961. The Morgan fingerprint density at radius 1 is 1.41 bits per heavy atom. The Labute approximate surface area is 102 Å². The molecule has 1 N–H and O–H groups in total. The average Bonchev–Trinajstić information content (AvgIpc) is 2.70. The standard InChI is InChI=1S/C12H20N4O/c1-12(5-8-15(2)9-6-12)13-11(17)10-4-7-16(3)14-10/h4,7H,5-6,8-9H2,1-3H3,(H,13,17). The molecule has 1 fully saturated rings. The van der Waals surface area contributed by atoms with Crippen LogP contribution in [0.15, 0.2) is 12.3 Å². The van der Waals surface area contributed by atoms with Gasteiger partial charge in [-0.25, -0.2) is 0 Å². The third kappa shape index (κ3) is 2.85. The first kappa shape index (κ1) is 12.1. The van der Waals surface area contributed by atoms with Crippen molar-refractivity contribution in [3.05, 3.63) is 18.0 Å². The molecular formula is C12H20N4O. The Morgan fingerprint density at radius 3 is 2.59 bits per heavy atom. The maximum atomic E-state index is 12.0. The fourth-order valence-electron chi connectivity index (χ4n) is 2.11. The van der Waals surface area contributed by atoms with Crippen molar-refractivity contribution in [2.24, 2.45) is 7.05 Å². The zero-order valence-electron chi connectivity index (χ0n) is 10.7. The number of nitrogens with zero attached hydrogens (tertiary/aromatic N) is 3. The van der Waals surface area contributed by atoms with E-state index in [2.05, 4.69) is 29.3 Å². The number of likely N-dealkylation sites (tertiary alicyclic amines) is 1. The highest BCUT2D eigenvalue weighted by Crippen LogP contribution is 2.21. The molecule has 1 saturated heterocycles. The summed E-state index contributed by atoms with van der Waals surface area (Å²) in [5.74, 6) is -0.0716. The molecule has 0 aliphatic carbocycles.